The SMILES string of the molecule is COCCOCc1cc(OC)c(-c2ccc(C[C@H](NC(=O)[C@@H]3CCCN3C(=O)O)C(=O)OC)cc2)c(OC)c1. The zero-order valence-corrected chi connectivity index (χ0v) is 22.7. The summed E-state index contributed by atoms with van der Waals surface area (Å²) in [6.45, 7) is 1.63. The minimum absolute atomic E-state index is 0.171. The van der Waals surface area contributed by atoms with Crippen molar-refractivity contribution in [3.05, 3.63) is 47.5 Å². The first-order valence-corrected chi connectivity index (χ1v) is 12.6. The highest BCUT2D eigenvalue weighted by molar-refractivity contribution is 5.90. The fourth-order valence-corrected chi connectivity index (χ4v) is 4.58. The number of carbonyl (C=O) groups excluding carboxylic acids is 2. The predicted octanol–water partition coefficient (Wildman–Crippen LogP) is 2.88. The molecule has 3 rings (SSSR count). The third-order valence-electron chi connectivity index (χ3n) is 6.55. The number of nitrogens with one attached hydrogen (secondary N) is 1. The Hall–Kier alpha value is -3.83. The number of benzene rings is 2. The first-order valence-electron chi connectivity index (χ1n) is 12.6. The van der Waals surface area contributed by atoms with E-state index in [2.05, 4.69) is 5.32 Å². The molecule has 2 aromatic rings. The topological polar surface area (TPSA) is 133 Å². The second kappa shape index (κ2) is 14.4. The summed E-state index contributed by atoms with van der Waals surface area (Å²) >= 11 is 0. The summed E-state index contributed by atoms with van der Waals surface area (Å²) < 4.78 is 26.8. The molecule has 1 fully saturated rings. The van der Waals surface area contributed by atoms with Gasteiger partial charge in [-0.15, -0.1) is 0 Å². The molecule has 2 atom stereocenters. The molecule has 2 N–H and O–H groups in total. The Labute approximate surface area is 227 Å². The van der Waals surface area contributed by atoms with Crippen LogP contribution < -0.4 is 14.8 Å². The van der Waals surface area contributed by atoms with Crippen molar-refractivity contribution >= 4 is 18.0 Å². The first kappa shape index (κ1) is 29.7. The lowest BCUT2D eigenvalue weighted by Gasteiger charge is -2.24. The lowest BCUT2D eigenvalue weighted by atomic mass is 9.98. The maximum absolute atomic E-state index is 12.8. The first-order chi connectivity index (χ1) is 18.8. The zero-order chi connectivity index (χ0) is 28.4. The molecule has 1 aliphatic heterocycles. The fourth-order valence-electron chi connectivity index (χ4n) is 4.58. The van der Waals surface area contributed by atoms with E-state index in [-0.39, 0.29) is 13.0 Å². The number of esters is 1. The van der Waals surface area contributed by atoms with Crippen molar-refractivity contribution in [1.29, 1.82) is 0 Å². The molecule has 0 aliphatic carbocycles. The van der Waals surface area contributed by atoms with Crippen LogP contribution >= 0.6 is 0 Å². The highest BCUT2D eigenvalue weighted by atomic mass is 16.5. The van der Waals surface area contributed by atoms with E-state index < -0.39 is 30.1 Å². The lowest BCUT2D eigenvalue weighted by molar-refractivity contribution is -0.145. The number of amides is 2. The van der Waals surface area contributed by atoms with E-state index in [9.17, 15) is 19.5 Å². The van der Waals surface area contributed by atoms with Gasteiger partial charge < -0.3 is 34.1 Å². The highest BCUT2D eigenvalue weighted by Crippen LogP contribution is 2.40. The molecule has 1 heterocycles. The van der Waals surface area contributed by atoms with Gasteiger partial charge in [0, 0.05) is 20.1 Å². The third kappa shape index (κ3) is 7.61. The van der Waals surface area contributed by atoms with Crippen LogP contribution in [0.4, 0.5) is 4.79 Å². The molecule has 1 saturated heterocycles. The van der Waals surface area contributed by atoms with E-state index in [1.165, 1.54) is 7.11 Å². The van der Waals surface area contributed by atoms with E-state index >= 15 is 0 Å². The number of ether oxygens (including phenoxy) is 5. The molecule has 0 unspecified atom stereocenters. The smallest absolute Gasteiger partial charge is 0.407 e. The number of carbonyl (C=O) groups is 3. The van der Waals surface area contributed by atoms with Gasteiger partial charge in [-0.1, -0.05) is 24.3 Å². The summed E-state index contributed by atoms with van der Waals surface area (Å²) in [4.78, 5) is 37.8. The van der Waals surface area contributed by atoms with Crippen LogP contribution in [0.25, 0.3) is 11.1 Å². The van der Waals surface area contributed by atoms with Crippen molar-refractivity contribution in [2.24, 2.45) is 0 Å². The number of likely N-dealkylation sites (tertiary alicyclic amines) is 1. The van der Waals surface area contributed by atoms with Crippen molar-refractivity contribution in [1.82, 2.24) is 10.2 Å². The normalized spacial score (nSPS) is 15.5. The molecule has 0 spiro atoms. The minimum atomic E-state index is -1.16. The van der Waals surface area contributed by atoms with Gasteiger partial charge >= 0.3 is 12.1 Å². The van der Waals surface area contributed by atoms with Gasteiger partial charge in [0.25, 0.3) is 0 Å². The molecule has 0 saturated carbocycles. The third-order valence-corrected chi connectivity index (χ3v) is 6.55. The number of rotatable bonds is 13. The Morgan fingerprint density at radius 3 is 2.23 bits per heavy atom. The fraction of sp³-hybridized carbons (Fsp3) is 0.464. The minimum Gasteiger partial charge on any atom is -0.496 e. The van der Waals surface area contributed by atoms with Crippen molar-refractivity contribution in [2.45, 2.75) is 38.0 Å². The Balaban J connectivity index is 1.77. The average molecular weight is 545 g/mol. The summed E-state index contributed by atoms with van der Waals surface area (Å²) in [7, 11) is 6.03. The van der Waals surface area contributed by atoms with Gasteiger partial charge in [-0.25, -0.2) is 9.59 Å². The van der Waals surface area contributed by atoms with E-state index in [0.717, 1.165) is 27.2 Å². The van der Waals surface area contributed by atoms with Gasteiger partial charge in [-0.05, 0) is 41.7 Å². The van der Waals surface area contributed by atoms with Crippen LogP contribution in [-0.4, -0.2) is 88.3 Å². The van der Waals surface area contributed by atoms with Gasteiger partial charge in [0.1, 0.15) is 23.6 Å². The van der Waals surface area contributed by atoms with Crippen molar-refractivity contribution < 1.29 is 43.2 Å². The molecular formula is C28H36N2O9. The number of nitrogens with zero attached hydrogens (tertiary/aromatic N) is 1. The molecule has 0 bridgehead atoms. The Kier molecular flexibility index (Phi) is 10.9. The van der Waals surface area contributed by atoms with Gasteiger partial charge in [0.2, 0.25) is 5.91 Å². The van der Waals surface area contributed by atoms with Gasteiger partial charge in [0.05, 0.1) is 46.7 Å². The Bertz CT molecular complexity index is 1110. The molecule has 1 aliphatic rings. The van der Waals surface area contributed by atoms with Crippen LogP contribution in [0, 0.1) is 0 Å². The van der Waals surface area contributed by atoms with Crippen LogP contribution in [0.15, 0.2) is 36.4 Å². The number of hydrogen-bond acceptors (Lipinski definition) is 8. The summed E-state index contributed by atoms with van der Waals surface area (Å²) in [6, 6.07) is 9.44. The molecular weight excluding hydrogens is 508 g/mol. The molecule has 39 heavy (non-hydrogen) atoms. The molecule has 11 heteroatoms. The maximum atomic E-state index is 12.8. The molecule has 2 aromatic carbocycles. The van der Waals surface area contributed by atoms with E-state index in [0.29, 0.717) is 44.2 Å². The van der Waals surface area contributed by atoms with Crippen LogP contribution in [0.2, 0.25) is 0 Å². The summed E-state index contributed by atoms with van der Waals surface area (Å²) in [6.07, 6.45) is 0.00608. The van der Waals surface area contributed by atoms with Crippen LogP contribution in [0.3, 0.4) is 0 Å². The summed E-state index contributed by atoms with van der Waals surface area (Å²) in [5, 5.41) is 12.0. The maximum Gasteiger partial charge on any atom is 0.407 e. The summed E-state index contributed by atoms with van der Waals surface area (Å²) in [5.74, 6) is 0.111. The van der Waals surface area contributed by atoms with Gasteiger partial charge in [0.15, 0.2) is 0 Å². The van der Waals surface area contributed by atoms with E-state index in [1.54, 1.807) is 21.3 Å². The molecule has 212 valence electrons. The average Bonchev–Trinajstić information content (AvgIpc) is 3.45. The highest BCUT2D eigenvalue weighted by Gasteiger charge is 2.36. The number of carboxylic acid groups (broad SMARTS) is 1. The quantitative estimate of drug-likeness (QED) is 0.288. The van der Waals surface area contributed by atoms with Gasteiger partial charge in [-0.3, -0.25) is 9.69 Å². The second-order valence-corrected chi connectivity index (χ2v) is 9.04. The van der Waals surface area contributed by atoms with Crippen LogP contribution in [-0.2, 0) is 36.8 Å². The van der Waals surface area contributed by atoms with E-state index in [1.807, 2.05) is 36.4 Å². The molecule has 0 radical (unpaired) electrons. The van der Waals surface area contributed by atoms with Crippen molar-refractivity contribution in [3.8, 4) is 22.6 Å². The number of methoxy groups -OCH3 is 4. The van der Waals surface area contributed by atoms with Crippen LogP contribution in [0.5, 0.6) is 11.5 Å². The van der Waals surface area contributed by atoms with Crippen molar-refractivity contribution in [2.75, 3.05) is 48.2 Å². The standard InChI is InChI=1S/C28H36N2O9/c1-35-12-13-39-17-19-15-23(36-2)25(24(16-19)37-3)20-9-7-18(8-10-20)14-21(27(32)38-4)29-26(31)22-6-5-11-30(22)28(33)34/h7-10,15-16,21-22H,5-6,11-14,17H2,1-4H3,(H,29,31)(H,33,34)/t21-,22-/m0/s1. The van der Waals surface area contributed by atoms with Crippen LogP contribution in [0.1, 0.15) is 24.0 Å². The largest absolute Gasteiger partial charge is 0.496 e. The Morgan fingerprint density at radius 1 is 1.00 bits per heavy atom. The monoisotopic (exact) mass is 544 g/mol. The summed E-state index contributed by atoms with van der Waals surface area (Å²) in [5.41, 5.74) is 3.26. The molecule has 11 nitrogen and oxygen atoms in total. The number of hydrogen-bond donors (Lipinski definition) is 2. The zero-order valence-electron chi connectivity index (χ0n) is 22.7. The lowest BCUT2D eigenvalue weighted by Crippen LogP contribution is -2.51. The van der Waals surface area contributed by atoms with Gasteiger partial charge in [-0.2, -0.15) is 0 Å². The van der Waals surface area contributed by atoms with E-state index in [4.69, 9.17) is 23.7 Å². The molecule has 2 amide bonds. The molecule has 0 aromatic heterocycles. The van der Waals surface area contributed by atoms with Crippen molar-refractivity contribution in [3.63, 3.8) is 0 Å². The second-order valence-electron chi connectivity index (χ2n) is 9.04. The Morgan fingerprint density at radius 2 is 1.67 bits per heavy atom. The predicted molar refractivity (Wildman–Crippen MR) is 142 cm³/mol.